The Morgan fingerprint density at radius 3 is 2.07 bits per heavy atom. The van der Waals surface area contributed by atoms with E-state index >= 15 is 0 Å². The highest BCUT2D eigenvalue weighted by atomic mass is 16.5. The molecular weight excluding hydrogens is 376 g/mol. The molecule has 1 amide bonds. The Balaban J connectivity index is 1.29. The summed E-state index contributed by atoms with van der Waals surface area (Å²) in [6, 6.07) is 18.5. The lowest BCUT2D eigenvalue weighted by molar-refractivity contribution is -0.136. The molecule has 0 unspecified atom stereocenters. The van der Waals surface area contributed by atoms with Crippen LogP contribution in [0.25, 0.3) is 0 Å². The summed E-state index contributed by atoms with van der Waals surface area (Å²) in [6.45, 7) is 9.00. The van der Waals surface area contributed by atoms with Crippen molar-refractivity contribution >= 4 is 17.3 Å². The van der Waals surface area contributed by atoms with Gasteiger partial charge in [0.2, 0.25) is 5.91 Å². The Hall–Kier alpha value is -2.73. The minimum Gasteiger partial charge on any atom is -0.495 e. The number of carbonyl (C=O) groups excluding carboxylic acids is 1. The first-order valence-corrected chi connectivity index (χ1v) is 10.9. The zero-order valence-electron chi connectivity index (χ0n) is 18.0. The van der Waals surface area contributed by atoms with E-state index in [0.29, 0.717) is 0 Å². The third-order valence-electron chi connectivity index (χ3n) is 6.36. The van der Waals surface area contributed by atoms with Crippen LogP contribution in [0.4, 0.5) is 11.4 Å². The number of methoxy groups -OCH3 is 1. The third-order valence-corrected chi connectivity index (χ3v) is 6.36. The lowest BCUT2D eigenvalue weighted by Crippen LogP contribution is -2.57. The number of hydrogen-bond acceptors (Lipinski definition) is 5. The highest BCUT2D eigenvalue weighted by Crippen LogP contribution is 2.28. The smallest absolute Gasteiger partial charge is 0.239 e. The molecule has 2 aliphatic heterocycles. The van der Waals surface area contributed by atoms with Gasteiger partial charge in [0.15, 0.2) is 0 Å². The lowest BCUT2D eigenvalue weighted by atomic mass is 10.1. The van der Waals surface area contributed by atoms with E-state index in [1.165, 1.54) is 5.69 Å². The molecule has 4 rings (SSSR count). The van der Waals surface area contributed by atoms with Gasteiger partial charge in [-0.15, -0.1) is 0 Å². The van der Waals surface area contributed by atoms with Gasteiger partial charge in [-0.05, 0) is 31.2 Å². The normalized spacial score (nSPS) is 18.9. The fourth-order valence-corrected chi connectivity index (χ4v) is 4.49. The van der Waals surface area contributed by atoms with Crippen LogP contribution in [0.3, 0.4) is 0 Å². The SMILES string of the molecule is COc1ccccc1N1CCN([C@@H](C)C(=O)N2CCN(c3ccccc3)CC2)CC1. The van der Waals surface area contributed by atoms with Crippen molar-refractivity contribution in [2.24, 2.45) is 0 Å². The van der Waals surface area contributed by atoms with Crippen LogP contribution in [0.5, 0.6) is 5.75 Å². The number of anilines is 2. The topological polar surface area (TPSA) is 39.3 Å². The van der Waals surface area contributed by atoms with Gasteiger partial charge in [-0.25, -0.2) is 0 Å². The van der Waals surface area contributed by atoms with E-state index in [2.05, 4.69) is 52.0 Å². The molecule has 0 saturated carbocycles. The Bertz CT molecular complexity index is 828. The lowest BCUT2D eigenvalue weighted by Gasteiger charge is -2.42. The van der Waals surface area contributed by atoms with Gasteiger partial charge in [0.05, 0.1) is 18.8 Å². The van der Waals surface area contributed by atoms with E-state index in [9.17, 15) is 4.79 Å². The Labute approximate surface area is 179 Å². The monoisotopic (exact) mass is 408 g/mol. The quantitative estimate of drug-likeness (QED) is 0.760. The van der Waals surface area contributed by atoms with Crippen molar-refractivity contribution in [3.63, 3.8) is 0 Å². The van der Waals surface area contributed by atoms with Crippen molar-refractivity contribution in [3.8, 4) is 5.75 Å². The zero-order chi connectivity index (χ0) is 20.9. The van der Waals surface area contributed by atoms with E-state index in [1.807, 2.05) is 29.2 Å². The molecule has 0 bridgehead atoms. The molecule has 2 aliphatic rings. The summed E-state index contributed by atoms with van der Waals surface area (Å²) in [5, 5.41) is 0. The van der Waals surface area contributed by atoms with Gasteiger partial charge in [-0.3, -0.25) is 9.69 Å². The minimum atomic E-state index is -0.0758. The molecular formula is C24H32N4O2. The van der Waals surface area contributed by atoms with Crippen molar-refractivity contribution in [1.82, 2.24) is 9.80 Å². The maximum atomic E-state index is 13.1. The molecule has 2 saturated heterocycles. The molecule has 0 spiro atoms. The molecule has 2 heterocycles. The molecule has 2 aromatic rings. The molecule has 0 aliphatic carbocycles. The predicted octanol–water partition coefficient (Wildman–Crippen LogP) is 2.55. The molecule has 1 atom stereocenters. The minimum absolute atomic E-state index is 0.0758. The van der Waals surface area contributed by atoms with E-state index in [4.69, 9.17) is 4.74 Å². The number of nitrogens with zero attached hydrogens (tertiary/aromatic N) is 4. The van der Waals surface area contributed by atoms with E-state index < -0.39 is 0 Å². The van der Waals surface area contributed by atoms with Gasteiger partial charge < -0.3 is 19.4 Å². The largest absolute Gasteiger partial charge is 0.495 e. The Morgan fingerprint density at radius 1 is 0.800 bits per heavy atom. The zero-order valence-corrected chi connectivity index (χ0v) is 18.0. The van der Waals surface area contributed by atoms with Gasteiger partial charge in [-0.2, -0.15) is 0 Å². The van der Waals surface area contributed by atoms with Crippen molar-refractivity contribution in [2.75, 3.05) is 69.3 Å². The number of para-hydroxylation sites is 3. The van der Waals surface area contributed by atoms with Gasteiger partial charge in [0, 0.05) is 58.0 Å². The van der Waals surface area contributed by atoms with Gasteiger partial charge >= 0.3 is 0 Å². The number of ether oxygens (including phenoxy) is 1. The second kappa shape index (κ2) is 9.39. The summed E-state index contributed by atoms with van der Waals surface area (Å²) in [7, 11) is 1.72. The summed E-state index contributed by atoms with van der Waals surface area (Å²) in [5.41, 5.74) is 2.38. The van der Waals surface area contributed by atoms with Gasteiger partial charge in [0.1, 0.15) is 5.75 Å². The first-order valence-electron chi connectivity index (χ1n) is 10.9. The van der Waals surface area contributed by atoms with Crippen LogP contribution in [0.15, 0.2) is 54.6 Å². The Kier molecular flexibility index (Phi) is 6.43. The number of benzene rings is 2. The maximum Gasteiger partial charge on any atom is 0.239 e. The van der Waals surface area contributed by atoms with Crippen molar-refractivity contribution in [2.45, 2.75) is 13.0 Å². The fourth-order valence-electron chi connectivity index (χ4n) is 4.49. The average Bonchev–Trinajstić information content (AvgIpc) is 2.84. The fraction of sp³-hybridized carbons (Fsp3) is 0.458. The average molecular weight is 409 g/mol. The highest BCUT2D eigenvalue weighted by Gasteiger charge is 2.31. The van der Waals surface area contributed by atoms with Crippen molar-refractivity contribution in [1.29, 1.82) is 0 Å². The summed E-state index contributed by atoms with van der Waals surface area (Å²) < 4.78 is 5.51. The first-order chi connectivity index (χ1) is 14.7. The highest BCUT2D eigenvalue weighted by molar-refractivity contribution is 5.82. The van der Waals surface area contributed by atoms with E-state index in [1.54, 1.807) is 7.11 Å². The second-order valence-corrected chi connectivity index (χ2v) is 8.02. The van der Waals surface area contributed by atoms with Crippen LogP contribution in [-0.4, -0.2) is 81.2 Å². The third kappa shape index (κ3) is 4.38. The number of rotatable bonds is 5. The van der Waals surface area contributed by atoms with Crippen LogP contribution in [0, 0.1) is 0 Å². The number of amides is 1. The number of hydrogen-bond donors (Lipinski definition) is 0. The standard InChI is InChI=1S/C24H32N4O2/c1-20(24(29)28-18-14-26(15-19-28)21-8-4-3-5-9-21)25-12-16-27(17-13-25)22-10-6-7-11-23(22)30-2/h3-11,20H,12-19H2,1-2H3/t20-/m0/s1. The van der Waals surface area contributed by atoms with E-state index in [0.717, 1.165) is 63.8 Å². The molecule has 2 fully saturated rings. The number of carbonyl (C=O) groups is 1. The molecule has 6 nitrogen and oxygen atoms in total. The first kappa shape index (κ1) is 20.5. The molecule has 0 N–H and O–H groups in total. The molecule has 30 heavy (non-hydrogen) atoms. The van der Waals surface area contributed by atoms with Gasteiger partial charge in [-0.1, -0.05) is 30.3 Å². The second-order valence-electron chi connectivity index (χ2n) is 8.02. The molecule has 160 valence electrons. The molecule has 0 aromatic heterocycles. The van der Waals surface area contributed by atoms with Crippen LogP contribution >= 0.6 is 0 Å². The summed E-state index contributed by atoms with van der Waals surface area (Å²) in [5.74, 6) is 1.17. The van der Waals surface area contributed by atoms with Crippen molar-refractivity contribution < 1.29 is 9.53 Å². The van der Waals surface area contributed by atoms with E-state index in [-0.39, 0.29) is 11.9 Å². The number of piperazine rings is 2. The summed E-state index contributed by atoms with van der Waals surface area (Å²) >= 11 is 0. The van der Waals surface area contributed by atoms with Crippen LogP contribution in [0.2, 0.25) is 0 Å². The van der Waals surface area contributed by atoms with Gasteiger partial charge in [0.25, 0.3) is 0 Å². The predicted molar refractivity (Wildman–Crippen MR) is 121 cm³/mol. The Morgan fingerprint density at radius 2 is 1.40 bits per heavy atom. The molecule has 0 radical (unpaired) electrons. The van der Waals surface area contributed by atoms with Crippen LogP contribution < -0.4 is 14.5 Å². The molecule has 2 aromatic carbocycles. The molecule has 6 heteroatoms. The van der Waals surface area contributed by atoms with Crippen LogP contribution in [0.1, 0.15) is 6.92 Å². The van der Waals surface area contributed by atoms with Crippen LogP contribution in [-0.2, 0) is 4.79 Å². The maximum absolute atomic E-state index is 13.1. The van der Waals surface area contributed by atoms with Crippen molar-refractivity contribution in [3.05, 3.63) is 54.6 Å². The summed E-state index contributed by atoms with van der Waals surface area (Å²) in [6.07, 6.45) is 0. The summed E-state index contributed by atoms with van der Waals surface area (Å²) in [4.78, 5) is 22.2.